The number of imidazole rings is 1. The molecule has 1 aliphatic heterocycles. The van der Waals surface area contributed by atoms with Crippen LogP contribution in [0.5, 0.6) is 5.75 Å². The summed E-state index contributed by atoms with van der Waals surface area (Å²) < 4.78 is 12.5. The van der Waals surface area contributed by atoms with Crippen molar-refractivity contribution in [2.24, 2.45) is 0 Å². The first-order valence-electron chi connectivity index (χ1n) is 14.3. The zero-order chi connectivity index (χ0) is 29.2. The Morgan fingerprint density at radius 1 is 1.14 bits per heavy atom. The number of pyridine rings is 1. The Kier molecular flexibility index (Phi) is 8.19. The molecule has 0 atom stereocenters. The summed E-state index contributed by atoms with van der Waals surface area (Å²) in [7, 11) is 3.37. The molecule has 5 aromatic rings. The van der Waals surface area contributed by atoms with Gasteiger partial charge in [0.2, 0.25) is 0 Å². The summed E-state index contributed by atoms with van der Waals surface area (Å²) in [5.74, 6) is 1.73. The molecular formula is C31H36ClN7O3. The third-order valence-corrected chi connectivity index (χ3v) is 8.49. The largest absolute Gasteiger partial charge is 0.496 e. The number of aromatic nitrogens is 5. The third kappa shape index (κ3) is 5.49. The highest BCUT2D eigenvalue weighted by molar-refractivity contribution is 6.34. The molecule has 0 bridgehead atoms. The van der Waals surface area contributed by atoms with Crippen molar-refractivity contribution in [2.75, 3.05) is 52.3 Å². The van der Waals surface area contributed by atoms with Gasteiger partial charge in [-0.3, -0.25) is 9.48 Å². The number of ether oxygens (including phenoxy) is 2. The average Bonchev–Trinajstić information content (AvgIpc) is 3.57. The van der Waals surface area contributed by atoms with Crippen LogP contribution < -0.4 is 15.6 Å². The van der Waals surface area contributed by atoms with Crippen LogP contribution in [0.4, 0.5) is 5.69 Å². The lowest BCUT2D eigenvalue weighted by atomic mass is 9.88. The molecule has 1 saturated heterocycles. The highest BCUT2D eigenvalue weighted by atomic mass is 35.5. The van der Waals surface area contributed by atoms with Gasteiger partial charge in [-0.1, -0.05) is 23.7 Å². The molecule has 0 unspecified atom stereocenters. The number of rotatable bonds is 10. The van der Waals surface area contributed by atoms with Gasteiger partial charge in [0, 0.05) is 26.4 Å². The Hall–Kier alpha value is -3.86. The summed E-state index contributed by atoms with van der Waals surface area (Å²) in [4.78, 5) is 26.7. The second kappa shape index (κ2) is 12.2. The minimum atomic E-state index is -0.210. The van der Waals surface area contributed by atoms with Crippen molar-refractivity contribution in [1.29, 1.82) is 0 Å². The number of hydrogen-bond acceptors (Lipinski definition) is 7. The van der Waals surface area contributed by atoms with E-state index in [0.29, 0.717) is 47.0 Å². The number of aryl methyl sites for hydroxylation is 1. The van der Waals surface area contributed by atoms with E-state index in [1.807, 2.05) is 28.9 Å². The van der Waals surface area contributed by atoms with Crippen LogP contribution in [0.2, 0.25) is 5.15 Å². The molecule has 0 spiro atoms. The molecule has 0 saturated carbocycles. The van der Waals surface area contributed by atoms with E-state index in [-0.39, 0.29) is 5.56 Å². The predicted molar refractivity (Wildman–Crippen MR) is 167 cm³/mol. The molecule has 11 heteroatoms. The monoisotopic (exact) mass is 589 g/mol. The zero-order valence-corrected chi connectivity index (χ0v) is 24.9. The van der Waals surface area contributed by atoms with Crippen LogP contribution >= 0.6 is 11.6 Å². The lowest BCUT2D eigenvalue weighted by Crippen LogP contribution is -2.35. The fraction of sp³-hybridized carbons (Fsp3) is 0.387. The Morgan fingerprint density at radius 3 is 2.76 bits per heavy atom. The molecule has 3 aromatic heterocycles. The number of hydrogen-bond donors (Lipinski definition) is 3. The Bertz CT molecular complexity index is 1770. The maximum Gasteiger partial charge on any atom is 0.261 e. The van der Waals surface area contributed by atoms with Crippen LogP contribution in [0.1, 0.15) is 29.9 Å². The van der Waals surface area contributed by atoms with Crippen molar-refractivity contribution in [1.82, 2.24) is 29.6 Å². The first-order valence-corrected chi connectivity index (χ1v) is 14.7. The predicted octanol–water partition coefficient (Wildman–Crippen LogP) is 5.18. The Labute approximate surface area is 249 Å². The van der Waals surface area contributed by atoms with Gasteiger partial charge in [-0.25, -0.2) is 4.98 Å². The van der Waals surface area contributed by atoms with E-state index in [9.17, 15) is 4.79 Å². The molecule has 10 nitrogen and oxygen atoms in total. The van der Waals surface area contributed by atoms with Gasteiger partial charge in [-0.2, -0.15) is 5.10 Å². The van der Waals surface area contributed by atoms with Crippen LogP contribution in [0.25, 0.3) is 33.3 Å². The molecule has 42 heavy (non-hydrogen) atoms. The number of nitrogens with one attached hydrogen (secondary N) is 3. The number of aromatic amines is 2. The molecule has 0 radical (unpaired) electrons. The fourth-order valence-electron chi connectivity index (χ4n) is 6.03. The van der Waals surface area contributed by atoms with E-state index >= 15 is 0 Å². The summed E-state index contributed by atoms with van der Waals surface area (Å²) in [6.45, 7) is 7.04. The number of fused-ring (bicyclic) bond motifs is 2. The van der Waals surface area contributed by atoms with Crippen LogP contribution in [0.15, 0.2) is 47.4 Å². The van der Waals surface area contributed by atoms with Gasteiger partial charge in [0.05, 0.1) is 47.9 Å². The normalized spacial score (nSPS) is 14.7. The number of nitrogens with zero attached hydrogens (tertiary/aromatic N) is 4. The molecule has 0 aliphatic carbocycles. The number of halogens is 1. The summed E-state index contributed by atoms with van der Waals surface area (Å²) >= 11 is 6.42. The Balaban J connectivity index is 1.22. The minimum Gasteiger partial charge on any atom is -0.496 e. The van der Waals surface area contributed by atoms with Crippen LogP contribution in [-0.2, 0) is 11.3 Å². The molecule has 1 fully saturated rings. The minimum absolute atomic E-state index is 0.210. The summed E-state index contributed by atoms with van der Waals surface area (Å²) in [6, 6.07) is 12.1. The van der Waals surface area contributed by atoms with Gasteiger partial charge in [0.1, 0.15) is 17.1 Å². The lowest BCUT2D eigenvalue weighted by Gasteiger charge is -2.32. The van der Waals surface area contributed by atoms with Gasteiger partial charge < -0.3 is 29.7 Å². The molecule has 1 aliphatic rings. The number of piperidine rings is 1. The molecular weight excluding hydrogens is 554 g/mol. The smallest absolute Gasteiger partial charge is 0.261 e. The highest BCUT2D eigenvalue weighted by Crippen LogP contribution is 2.34. The van der Waals surface area contributed by atoms with Crippen molar-refractivity contribution in [3.63, 3.8) is 0 Å². The fourth-order valence-corrected chi connectivity index (χ4v) is 6.31. The number of anilines is 1. The van der Waals surface area contributed by atoms with E-state index in [2.05, 4.69) is 44.3 Å². The van der Waals surface area contributed by atoms with Gasteiger partial charge in [-0.15, -0.1) is 0 Å². The Morgan fingerprint density at radius 2 is 1.98 bits per heavy atom. The van der Waals surface area contributed by atoms with Gasteiger partial charge in [0.25, 0.3) is 5.56 Å². The SMILES string of the molecule is COCCN1CCC(c2cc(C)c3nc(-c4c(NCCn5nc(Cl)c6c(OC)cccc65)cc[nH]c4=O)[nH]c3c2)CC1. The molecule has 4 heterocycles. The molecule has 6 rings (SSSR count). The van der Waals surface area contributed by atoms with E-state index < -0.39 is 0 Å². The van der Waals surface area contributed by atoms with Gasteiger partial charge in [0.15, 0.2) is 5.15 Å². The van der Waals surface area contributed by atoms with Crippen LogP contribution in [0.3, 0.4) is 0 Å². The van der Waals surface area contributed by atoms with Crippen molar-refractivity contribution < 1.29 is 9.47 Å². The summed E-state index contributed by atoms with van der Waals surface area (Å²) in [5.41, 5.74) is 6.10. The third-order valence-electron chi connectivity index (χ3n) is 8.22. The number of likely N-dealkylation sites (tertiary alicyclic amines) is 1. The topological polar surface area (TPSA) is 113 Å². The van der Waals surface area contributed by atoms with Gasteiger partial charge in [-0.05, 0) is 74.2 Å². The van der Waals surface area contributed by atoms with Crippen molar-refractivity contribution in [3.05, 3.63) is 69.2 Å². The second-order valence-corrected chi connectivity index (χ2v) is 11.2. The van der Waals surface area contributed by atoms with E-state index in [0.717, 1.165) is 66.6 Å². The molecule has 220 valence electrons. The first-order chi connectivity index (χ1) is 20.5. The quantitative estimate of drug-likeness (QED) is 0.206. The highest BCUT2D eigenvalue weighted by Gasteiger charge is 2.22. The lowest BCUT2D eigenvalue weighted by molar-refractivity contribution is 0.130. The number of benzene rings is 2. The van der Waals surface area contributed by atoms with Crippen LogP contribution in [-0.4, -0.2) is 76.6 Å². The van der Waals surface area contributed by atoms with Crippen molar-refractivity contribution in [2.45, 2.75) is 32.2 Å². The summed E-state index contributed by atoms with van der Waals surface area (Å²) in [6.07, 6.45) is 3.88. The van der Waals surface area contributed by atoms with E-state index in [4.69, 9.17) is 26.1 Å². The zero-order valence-electron chi connectivity index (χ0n) is 24.2. The van der Waals surface area contributed by atoms with Crippen molar-refractivity contribution in [3.8, 4) is 17.1 Å². The summed E-state index contributed by atoms with van der Waals surface area (Å²) in [5, 5.41) is 9.09. The second-order valence-electron chi connectivity index (χ2n) is 10.8. The van der Waals surface area contributed by atoms with Crippen LogP contribution in [0, 0.1) is 6.92 Å². The molecule has 2 aromatic carbocycles. The first kappa shape index (κ1) is 28.3. The van der Waals surface area contributed by atoms with Crippen molar-refractivity contribution >= 4 is 39.2 Å². The molecule has 0 amide bonds. The molecule has 3 N–H and O–H groups in total. The van der Waals surface area contributed by atoms with E-state index in [1.165, 1.54) is 5.56 Å². The van der Waals surface area contributed by atoms with E-state index in [1.54, 1.807) is 20.4 Å². The number of H-pyrrole nitrogens is 2. The maximum absolute atomic E-state index is 13.1. The standard InChI is InChI=1S/C31H36ClN7O3/c1-19-17-21(20-8-12-38(13-9-20)15-16-41-2)18-23-28(19)36-30(35-23)26-22(7-10-34-31(26)40)33-11-14-39-24-5-4-6-25(42-3)27(24)29(32)37-39/h4-7,10,17-18,20H,8-9,11-16H2,1-3H3,(H,35,36)(H2,33,34,40). The number of methoxy groups -OCH3 is 2. The van der Waals surface area contributed by atoms with Gasteiger partial charge >= 0.3 is 0 Å². The average molecular weight is 590 g/mol. The maximum atomic E-state index is 13.1.